The van der Waals surface area contributed by atoms with E-state index >= 15 is 0 Å². The second-order valence-corrected chi connectivity index (χ2v) is 5.31. The number of hydrogen-bond donors (Lipinski definition) is 1. The highest BCUT2D eigenvalue weighted by molar-refractivity contribution is 5.48. The number of hydrogen-bond acceptors (Lipinski definition) is 2. The van der Waals surface area contributed by atoms with Gasteiger partial charge in [0, 0.05) is 13.1 Å². The molecule has 2 nitrogen and oxygen atoms in total. The Morgan fingerprint density at radius 2 is 2.12 bits per heavy atom. The normalized spacial score (nSPS) is 25.8. The standard InChI is InChI=1S/C15H22N2/c1-15(12-16)9-11-17(13-15)10-5-8-14-6-3-2-4-7-14/h2-8H,9-13,16H2,1H3/b8-5+. The Kier molecular flexibility index (Phi) is 3.97. The second kappa shape index (κ2) is 5.48. The molecule has 1 saturated heterocycles. The zero-order chi connectivity index (χ0) is 12.1. The van der Waals surface area contributed by atoms with Gasteiger partial charge in [0.15, 0.2) is 0 Å². The number of nitrogens with two attached hydrogens (primary N) is 1. The number of benzene rings is 1. The highest BCUT2D eigenvalue weighted by Crippen LogP contribution is 2.28. The van der Waals surface area contributed by atoms with Gasteiger partial charge >= 0.3 is 0 Å². The Labute approximate surface area is 104 Å². The van der Waals surface area contributed by atoms with E-state index in [9.17, 15) is 0 Å². The smallest absolute Gasteiger partial charge is 0.0166 e. The van der Waals surface area contributed by atoms with Gasteiger partial charge in [-0.3, -0.25) is 4.90 Å². The third-order valence-electron chi connectivity index (χ3n) is 3.60. The van der Waals surface area contributed by atoms with Crippen LogP contribution in [0.2, 0.25) is 0 Å². The molecule has 0 spiro atoms. The molecule has 0 amide bonds. The number of rotatable bonds is 4. The van der Waals surface area contributed by atoms with Gasteiger partial charge in [0.1, 0.15) is 0 Å². The van der Waals surface area contributed by atoms with Crippen molar-refractivity contribution in [1.29, 1.82) is 0 Å². The summed E-state index contributed by atoms with van der Waals surface area (Å²) in [5.74, 6) is 0. The average molecular weight is 230 g/mol. The summed E-state index contributed by atoms with van der Waals surface area (Å²) in [6.07, 6.45) is 5.67. The molecule has 1 aromatic carbocycles. The second-order valence-electron chi connectivity index (χ2n) is 5.31. The van der Waals surface area contributed by atoms with Crippen LogP contribution >= 0.6 is 0 Å². The number of nitrogens with zero attached hydrogens (tertiary/aromatic N) is 1. The summed E-state index contributed by atoms with van der Waals surface area (Å²) in [5.41, 5.74) is 7.41. The van der Waals surface area contributed by atoms with Gasteiger partial charge in [-0.05, 0) is 30.5 Å². The maximum Gasteiger partial charge on any atom is 0.0166 e. The minimum atomic E-state index is 0.334. The summed E-state index contributed by atoms with van der Waals surface area (Å²) in [6.45, 7) is 6.42. The molecule has 0 aliphatic carbocycles. The largest absolute Gasteiger partial charge is 0.330 e. The van der Waals surface area contributed by atoms with Crippen LogP contribution in [-0.4, -0.2) is 31.1 Å². The van der Waals surface area contributed by atoms with Crippen LogP contribution in [0.5, 0.6) is 0 Å². The Morgan fingerprint density at radius 3 is 2.76 bits per heavy atom. The van der Waals surface area contributed by atoms with Crippen molar-refractivity contribution in [2.75, 3.05) is 26.2 Å². The molecule has 2 N–H and O–H groups in total. The first-order chi connectivity index (χ1) is 8.22. The van der Waals surface area contributed by atoms with Crippen molar-refractivity contribution in [3.8, 4) is 0 Å². The van der Waals surface area contributed by atoms with E-state index < -0.39 is 0 Å². The summed E-state index contributed by atoms with van der Waals surface area (Å²) in [6, 6.07) is 10.4. The topological polar surface area (TPSA) is 29.3 Å². The monoisotopic (exact) mass is 230 g/mol. The summed E-state index contributed by atoms with van der Waals surface area (Å²) in [4.78, 5) is 2.48. The van der Waals surface area contributed by atoms with Crippen molar-refractivity contribution in [1.82, 2.24) is 4.90 Å². The molecule has 0 aromatic heterocycles. The molecule has 1 aliphatic rings. The van der Waals surface area contributed by atoms with E-state index in [1.807, 2.05) is 6.07 Å². The minimum absolute atomic E-state index is 0.334. The average Bonchev–Trinajstić information content (AvgIpc) is 2.74. The summed E-state index contributed by atoms with van der Waals surface area (Å²) in [7, 11) is 0. The van der Waals surface area contributed by atoms with E-state index in [2.05, 4.69) is 48.2 Å². The van der Waals surface area contributed by atoms with Crippen LogP contribution in [0.1, 0.15) is 18.9 Å². The first kappa shape index (κ1) is 12.3. The molecule has 17 heavy (non-hydrogen) atoms. The van der Waals surface area contributed by atoms with Gasteiger partial charge in [0.05, 0.1) is 0 Å². The zero-order valence-electron chi connectivity index (χ0n) is 10.6. The first-order valence-electron chi connectivity index (χ1n) is 6.36. The molecule has 1 unspecified atom stereocenters. The molecule has 92 valence electrons. The molecule has 1 fully saturated rings. The summed E-state index contributed by atoms with van der Waals surface area (Å²) < 4.78 is 0. The highest BCUT2D eigenvalue weighted by atomic mass is 15.2. The van der Waals surface area contributed by atoms with Crippen molar-refractivity contribution < 1.29 is 0 Å². The SMILES string of the molecule is CC1(CN)CCN(C/C=C/c2ccccc2)C1. The molecule has 2 rings (SSSR count). The molecule has 1 aromatic rings. The van der Waals surface area contributed by atoms with Crippen LogP contribution in [0.3, 0.4) is 0 Å². The van der Waals surface area contributed by atoms with E-state index in [-0.39, 0.29) is 0 Å². The van der Waals surface area contributed by atoms with Gasteiger partial charge in [0.25, 0.3) is 0 Å². The van der Waals surface area contributed by atoms with Gasteiger partial charge in [0.2, 0.25) is 0 Å². The van der Waals surface area contributed by atoms with Crippen molar-refractivity contribution in [2.45, 2.75) is 13.3 Å². The van der Waals surface area contributed by atoms with Gasteiger partial charge in [-0.25, -0.2) is 0 Å². The molecule has 0 bridgehead atoms. The third kappa shape index (κ3) is 3.42. The molecule has 1 heterocycles. The van der Waals surface area contributed by atoms with E-state index in [1.54, 1.807) is 0 Å². The van der Waals surface area contributed by atoms with Gasteiger partial charge in [-0.1, -0.05) is 49.4 Å². The maximum absolute atomic E-state index is 5.81. The van der Waals surface area contributed by atoms with Gasteiger partial charge in [-0.2, -0.15) is 0 Å². The lowest BCUT2D eigenvalue weighted by atomic mass is 9.90. The highest BCUT2D eigenvalue weighted by Gasteiger charge is 2.31. The van der Waals surface area contributed by atoms with E-state index in [0.717, 1.165) is 19.6 Å². The van der Waals surface area contributed by atoms with E-state index in [1.165, 1.54) is 18.5 Å². The summed E-state index contributed by atoms with van der Waals surface area (Å²) in [5, 5.41) is 0. The molecule has 1 atom stereocenters. The first-order valence-corrected chi connectivity index (χ1v) is 6.36. The fraction of sp³-hybridized carbons (Fsp3) is 0.467. The fourth-order valence-corrected chi connectivity index (χ4v) is 2.35. The lowest BCUT2D eigenvalue weighted by Crippen LogP contribution is -2.31. The van der Waals surface area contributed by atoms with E-state index in [4.69, 9.17) is 5.73 Å². The molecule has 2 heteroatoms. The van der Waals surface area contributed by atoms with Crippen LogP contribution in [0.15, 0.2) is 36.4 Å². The van der Waals surface area contributed by atoms with Crippen molar-refractivity contribution in [3.63, 3.8) is 0 Å². The van der Waals surface area contributed by atoms with Crippen LogP contribution in [0, 0.1) is 5.41 Å². The lowest BCUT2D eigenvalue weighted by Gasteiger charge is -2.21. The van der Waals surface area contributed by atoms with Crippen molar-refractivity contribution >= 4 is 6.08 Å². The van der Waals surface area contributed by atoms with Gasteiger partial charge < -0.3 is 5.73 Å². The van der Waals surface area contributed by atoms with Gasteiger partial charge in [-0.15, -0.1) is 0 Å². The Bertz CT molecular complexity index is 372. The zero-order valence-corrected chi connectivity index (χ0v) is 10.6. The number of likely N-dealkylation sites (tertiary alicyclic amines) is 1. The van der Waals surface area contributed by atoms with E-state index in [0.29, 0.717) is 5.41 Å². The Hall–Kier alpha value is -1.12. The Balaban J connectivity index is 1.82. The fourth-order valence-electron chi connectivity index (χ4n) is 2.35. The van der Waals surface area contributed by atoms with Crippen LogP contribution < -0.4 is 5.73 Å². The molecular formula is C15H22N2. The predicted octanol–water partition coefficient (Wildman–Crippen LogP) is 2.37. The third-order valence-corrected chi connectivity index (χ3v) is 3.60. The molecule has 0 radical (unpaired) electrons. The maximum atomic E-state index is 5.81. The quantitative estimate of drug-likeness (QED) is 0.860. The van der Waals surface area contributed by atoms with Crippen LogP contribution in [-0.2, 0) is 0 Å². The van der Waals surface area contributed by atoms with Crippen molar-refractivity contribution in [3.05, 3.63) is 42.0 Å². The minimum Gasteiger partial charge on any atom is -0.330 e. The van der Waals surface area contributed by atoms with Crippen molar-refractivity contribution in [2.24, 2.45) is 11.1 Å². The van der Waals surface area contributed by atoms with Crippen LogP contribution in [0.4, 0.5) is 0 Å². The summed E-state index contributed by atoms with van der Waals surface area (Å²) >= 11 is 0. The van der Waals surface area contributed by atoms with Crippen LogP contribution in [0.25, 0.3) is 6.08 Å². The lowest BCUT2D eigenvalue weighted by molar-refractivity contribution is 0.300. The predicted molar refractivity (Wildman–Crippen MR) is 73.7 cm³/mol. The molecule has 0 saturated carbocycles. The Morgan fingerprint density at radius 1 is 1.35 bits per heavy atom. The molecular weight excluding hydrogens is 208 g/mol. The molecule has 1 aliphatic heterocycles.